The molecule has 0 bridgehead atoms. The molecule has 1 heterocycles. The summed E-state index contributed by atoms with van der Waals surface area (Å²) in [7, 11) is 5.95. The summed E-state index contributed by atoms with van der Waals surface area (Å²) in [6.45, 7) is 7.89. The minimum Gasteiger partial charge on any atom is -0.385 e. The summed E-state index contributed by atoms with van der Waals surface area (Å²) < 4.78 is 5.16. The van der Waals surface area contributed by atoms with E-state index in [1.165, 1.54) is 5.56 Å². The summed E-state index contributed by atoms with van der Waals surface area (Å²) in [4.78, 5) is 9.63. The monoisotopic (exact) mass is 423 g/mol. The fraction of sp³-hybridized carbons (Fsp3) is 0.682. The predicted molar refractivity (Wildman–Crippen MR) is 123 cm³/mol. The second kappa shape index (κ2) is 13.1. The van der Waals surface area contributed by atoms with E-state index in [1.807, 2.05) is 12.1 Å². The van der Waals surface area contributed by atoms with Gasteiger partial charge in [0.1, 0.15) is 0 Å². The van der Waals surface area contributed by atoms with Crippen molar-refractivity contribution in [3.05, 3.63) is 34.9 Å². The third-order valence-electron chi connectivity index (χ3n) is 5.40. The molecule has 1 atom stereocenters. The first-order valence-electron chi connectivity index (χ1n) is 10.7. The molecule has 0 aliphatic carbocycles. The van der Waals surface area contributed by atoms with Gasteiger partial charge < -0.3 is 25.2 Å². The first-order valence-corrected chi connectivity index (χ1v) is 11.1. The van der Waals surface area contributed by atoms with Gasteiger partial charge in [0.2, 0.25) is 0 Å². The number of guanidine groups is 1. The Morgan fingerprint density at radius 1 is 1.28 bits per heavy atom. The molecule has 1 unspecified atom stereocenters. The number of rotatable bonds is 10. The van der Waals surface area contributed by atoms with Crippen molar-refractivity contribution in [3.8, 4) is 0 Å². The van der Waals surface area contributed by atoms with Crippen LogP contribution < -0.4 is 10.6 Å². The molecule has 1 fully saturated rings. The van der Waals surface area contributed by atoms with Crippen LogP contribution in [0, 0.1) is 0 Å². The topological polar surface area (TPSA) is 52.1 Å². The summed E-state index contributed by atoms with van der Waals surface area (Å²) >= 11 is 6.05. The van der Waals surface area contributed by atoms with Crippen molar-refractivity contribution in [2.75, 3.05) is 60.5 Å². The van der Waals surface area contributed by atoms with Crippen molar-refractivity contribution < 1.29 is 4.74 Å². The van der Waals surface area contributed by atoms with Crippen molar-refractivity contribution >= 4 is 17.6 Å². The molecule has 29 heavy (non-hydrogen) atoms. The Hall–Kier alpha value is -1.34. The molecule has 7 heteroatoms. The summed E-state index contributed by atoms with van der Waals surface area (Å²) in [5, 5.41) is 7.82. The Morgan fingerprint density at radius 3 is 2.55 bits per heavy atom. The van der Waals surface area contributed by atoms with Crippen LogP contribution in [0.3, 0.4) is 0 Å². The quantitative estimate of drug-likeness (QED) is 0.344. The van der Waals surface area contributed by atoms with Gasteiger partial charge in [0.05, 0.1) is 12.6 Å². The zero-order valence-electron chi connectivity index (χ0n) is 18.5. The Balaban J connectivity index is 1.90. The van der Waals surface area contributed by atoms with E-state index in [-0.39, 0.29) is 6.04 Å². The van der Waals surface area contributed by atoms with Crippen LogP contribution in [0.25, 0.3) is 0 Å². The number of ether oxygens (including phenoxy) is 1. The predicted octanol–water partition coefficient (Wildman–Crippen LogP) is 3.00. The maximum atomic E-state index is 6.05. The highest BCUT2D eigenvalue weighted by molar-refractivity contribution is 6.30. The molecule has 0 amide bonds. The molecule has 0 spiro atoms. The van der Waals surface area contributed by atoms with Gasteiger partial charge in [0.25, 0.3) is 0 Å². The highest BCUT2D eigenvalue weighted by Gasteiger charge is 2.20. The average molecular weight is 424 g/mol. The zero-order chi connectivity index (χ0) is 21.1. The summed E-state index contributed by atoms with van der Waals surface area (Å²) in [5.41, 5.74) is 1.23. The summed E-state index contributed by atoms with van der Waals surface area (Å²) in [6, 6.07) is 8.75. The second-order valence-electron chi connectivity index (χ2n) is 7.86. The number of nitrogens with one attached hydrogen (secondary N) is 2. The fourth-order valence-corrected chi connectivity index (χ4v) is 3.80. The van der Waals surface area contributed by atoms with Crippen LogP contribution in [0.2, 0.25) is 5.02 Å². The molecule has 1 aromatic rings. The number of likely N-dealkylation sites (N-methyl/N-ethyl adjacent to an activating group) is 1. The molecule has 0 saturated carbocycles. The lowest BCUT2D eigenvalue weighted by Gasteiger charge is -2.33. The number of benzene rings is 1. The molecule has 2 rings (SSSR count). The number of hydrogen-bond acceptors (Lipinski definition) is 4. The second-order valence-corrected chi connectivity index (χ2v) is 8.29. The van der Waals surface area contributed by atoms with E-state index in [1.54, 1.807) is 7.11 Å². The van der Waals surface area contributed by atoms with Crippen LogP contribution in [-0.2, 0) is 4.74 Å². The van der Waals surface area contributed by atoms with E-state index in [0.29, 0.717) is 12.6 Å². The summed E-state index contributed by atoms with van der Waals surface area (Å²) in [6.07, 6.45) is 3.40. The van der Waals surface area contributed by atoms with Crippen molar-refractivity contribution in [3.63, 3.8) is 0 Å². The van der Waals surface area contributed by atoms with E-state index in [0.717, 1.165) is 63.0 Å². The van der Waals surface area contributed by atoms with Gasteiger partial charge in [-0.1, -0.05) is 23.7 Å². The number of nitrogens with zero attached hydrogens (tertiary/aromatic N) is 3. The van der Waals surface area contributed by atoms with Gasteiger partial charge in [0.15, 0.2) is 5.96 Å². The molecule has 0 radical (unpaired) electrons. The Kier molecular flexibility index (Phi) is 10.8. The lowest BCUT2D eigenvalue weighted by molar-refractivity contribution is 0.155. The number of piperidine rings is 1. The molecule has 164 valence electrons. The largest absolute Gasteiger partial charge is 0.385 e. The van der Waals surface area contributed by atoms with Gasteiger partial charge in [-0.25, -0.2) is 0 Å². The van der Waals surface area contributed by atoms with E-state index in [4.69, 9.17) is 21.3 Å². The molecule has 6 nitrogen and oxygen atoms in total. The highest BCUT2D eigenvalue weighted by Crippen LogP contribution is 2.21. The molecule has 1 aliphatic heterocycles. The Labute approximate surface area is 181 Å². The lowest BCUT2D eigenvalue weighted by atomic mass is 10.0. The number of methoxy groups -OCH3 is 1. The number of halogens is 1. The maximum Gasteiger partial charge on any atom is 0.191 e. The molecule has 1 saturated heterocycles. The average Bonchev–Trinajstić information content (AvgIpc) is 2.71. The van der Waals surface area contributed by atoms with Crippen LogP contribution in [0.5, 0.6) is 0 Å². The van der Waals surface area contributed by atoms with E-state index in [2.05, 4.69) is 53.6 Å². The van der Waals surface area contributed by atoms with Crippen molar-refractivity contribution in [2.24, 2.45) is 4.99 Å². The van der Waals surface area contributed by atoms with Crippen LogP contribution in [0.15, 0.2) is 29.3 Å². The van der Waals surface area contributed by atoms with Crippen molar-refractivity contribution in [1.82, 2.24) is 20.4 Å². The minimum absolute atomic E-state index is 0.213. The molecular weight excluding hydrogens is 386 g/mol. The maximum absolute atomic E-state index is 6.05. The first kappa shape index (κ1) is 23.9. The van der Waals surface area contributed by atoms with Crippen molar-refractivity contribution in [2.45, 2.75) is 38.3 Å². The van der Waals surface area contributed by atoms with Gasteiger partial charge in [0, 0.05) is 51.0 Å². The van der Waals surface area contributed by atoms with Crippen LogP contribution in [-0.4, -0.2) is 82.3 Å². The van der Waals surface area contributed by atoms with E-state index in [9.17, 15) is 0 Å². The molecule has 2 N–H and O–H groups in total. The van der Waals surface area contributed by atoms with Gasteiger partial charge in [-0.2, -0.15) is 0 Å². The van der Waals surface area contributed by atoms with Crippen LogP contribution in [0.4, 0.5) is 0 Å². The molecule has 1 aromatic carbocycles. The molecular formula is C22H38ClN5O. The van der Waals surface area contributed by atoms with E-state index >= 15 is 0 Å². The fourth-order valence-electron chi connectivity index (χ4n) is 3.68. The van der Waals surface area contributed by atoms with E-state index < -0.39 is 0 Å². The normalized spacial score (nSPS) is 17.5. The van der Waals surface area contributed by atoms with Crippen molar-refractivity contribution in [1.29, 1.82) is 0 Å². The Morgan fingerprint density at radius 2 is 1.97 bits per heavy atom. The summed E-state index contributed by atoms with van der Waals surface area (Å²) in [5.74, 6) is 0.908. The van der Waals surface area contributed by atoms with Gasteiger partial charge in [-0.15, -0.1) is 0 Å². The first-order chi connectivity index (χ1) is 14.0. The number of aliphatic imine (C=N–C) groups is 1. The zero-order valence-corrected chi connectivity index (χ0v) is 19.2. The third kappa shape index (κ3) is 8.51. The SMILES string of the molecule is CCNC(=NCC(c1ccc(Cl)cc1)N(C)C)NC1CCN(CCCOC)CC1. The third-order valence-corrected chi connectivity index (χ3v) is 5.65. The van der Waals surface area contributed by atoms with Gasteiger partial charge >= 0.3 is 0 Å². The molecule has 0 aromatic heterocycles. The minimum atomic E-state index is 0.213. The number of hydrogen-bond donors (Lipinski definition) is 2. The highest BCUT2D eigenvalue weighted by atomic mass is 35.5. The van der Waals surface area contributed by atoms with Gasteiger partial charge in [-0.3, -0.25) is 4.99 Å². The number of likely N-dealkylation sites (tertiary alicyclic amines) is 1. The lowest BCUT2D eigenvalue weighted by Crippen LogP contribution is -2.49. The smallest absolute Gasteiger partial charge is 0.191 e. The Bertz CT molecular complexity index is 600. The standard InChI is InChI=1S/C22H38ClN5O/c1-5-24-22(26-20-11-14-28(15-12-20)13-6-16-29-4)25-17-21(27(2)3)18-7-9-19(23)10-8-18/h7-10,20-21H,5-6,11-17H2,1-4H3,(H2,24,25,26). The molecule has 1 aliphatic rings. The van der Waals surface area contributed by atoms with Crippen LogP contribution in [0.1, 0.15) is 37.8 Å². The van der Waals surface area contributed by atoms with Gasteiger partial charge in [-0.05, 0) is 58.0 Å². The van der Waals surface area contributed by atoms with Crippen LogP contribution >= 0.6 is 11.6 Å².